The summed E-state index contributed by atoms with van der Waals surface area (Å²) < 4.78 is 2.01. The molecule has 0 aliphatic carbocycles. The van der Waals surface area contributed by atoms with E-state index in [4.69, 9.17) is 0 Å². The SMILES string of the molecule is c1ccc(N2CCN(Cn3nnc4ccc5ncccc5c43)CC2)cc1. The quantitative estimate of drug-likeness (QED) is 0.572. The van der Waals surface area contributed by atoms with Gasteiger partial charge in [-0.3, -0.25) is 9.88 Å². The van der Waals surface area contributed by atoms with E-state index < -0.39 is 0 Å². The van der Waals surface area contributed by atoms with Crippen LogP contribution in [0.2, 0.25) is 0 Å². The lowest BCUT2D eigenvalue weighted by atomic mass is 10.2. The number of fused-ring (bicyclic) bond motifs is 3. The molecule has 26 heavy (non-hydrogen) atoms. The fourth-order valence-electron chi connectivity index (χ4n) is 3.70. The van der Waals surface area contributed by atoms with Crippen LogP contribution in [0, 0.1) is 0 Å². The van der Waals surface area contributed by atoms with Gasteiger partial charge in [0.05, 0.1) is 17.7 Å². The minimum atomic E-state index is 0.757. The lowest BCUT2D eigenvalue weighted by molar-refractivity contribution is 0.197. The van der Waals surface area contributed by atoms with Gasteiger partial charge in [-0.1, -0.05) is 23.4 Å². The Morgan fingerprint density at radius 3 is 2.46 bits per heavy atom. The van der Waals surface area contributed by atoms with Crippen molar-refractivity contribution in [2.45, 2.75) is 6.67 Å². The van der Waals surface area contributed by atoms with Gasteiger partial charge in [-0.05, 0) is 36.4 Å². The van der Waals surface area contributed by atoms with Gasteiger partial charge >= 0.3 is 0 Å². The Labute approximate surface area is 151 Å². The van der Waals surface area contributed by atoms with Crippen molar-refractivity contribution < 1.29 is 0 Å². The van der Waals surface area contributed by atoms with Gasteiger partial charge in [-0.15, -0.1) is 5.10 Å². The highest BCUT2D eigenvalue weighted by atomic mass is 15.5. The van der Waals surface area contributed by atoms with Crippen molar-refractivity contribution in [3.05, 3.63) is 60.8 Å². The molecule has 0 atom stereocenters. The average molecular weight is 344 g/mol. The Morgan fingerprint density at radius 1 is 0.808 bits per heavy atom. The largest absolute Gasteiger partial charge is 0.369 e. The second kappa shape index (κ2) is 6.38. The van der Waals surface area contributed by atoms with Crippen molar-refractivity contribution in [2.75, 3.05) is 31.1 Å². The number of aromatic nitrogens is 4. The maximum atomic E-state index is 4.45. The average Bonchev–Trinajstić information content (AvgIpc) is 3.12. The van der Waals surface area contributed by atoms with Crippen molar-refractivity contribution >= 4 is 27.6 Å². The number of rotatable bonds is 3. The van der Waals surface area contributed by atoms with Gasteiger partial charge in [0.1, 0.15) is 5.52 Å². The minimum Gasteiger partial charge on any atom is -0.369 e. The fraction of sp³-hybridized carbons (Fsp3) is 0.250. The van der Waals surface area contributed by atoms with E-state index in [0.29, 0.717) is 0 Å². The Morgan fingerprint density at radius 2 is 1.62 bits per heavy atom. The van der Waals surface area contributed by atoms with E-state index in [0.717, 1.165) is 54.8 Å². The summed E-state index contributed by atoms with van der Waals surface area (Å²) in [6.45, 7) is 4.84. The molecule has 1 aliphatic heterocycles. The number of para-hydroxylation sites is 1. The summed E-state index contributed by atoms with van der Waals surface area (Å²) >= 11 is 0. The van der Waals surface area contributed by atoms with E-state index in [9.17, 15) is 0 Å². The number of pyridine rings is 1. The molecule has 3 heterocycles. The van der Waals surface area contributed by atoms with Gasteiger partial charge < -0.3 is 4.90 Å². The van der Waals surface area contributed by atoms with E-state index in [1.165, 1.54) is 5.69 Å². The highest BCUT2D eigenvalue weighted by Crippen LogP contribution is 2.23. The molecular weight excluding hydrogens is 324 g/mol. The van der Waals surface area contributed by atoms with Crippen LogP contribution in [0.4, 0.5) is 5.69 Å². The molecule has 6 heteroatoms. The molecule has 0 unspecified atom stereocenters. The molecule has 0 amide bonds. The number of anilines is 1. The van der Waals surface area contributed by atoms with E-state index in [1.54, 1.807) is 0 Å². The number of hydrogen-bond acceptors (Lipinski definition) is 5. The van der Waals surface area contributed by atoms with Crippen LogP contribution in [0.3, 0.4) is 0 Å². The predicted octanol–water partition coefficient (Wildman–Crippen LogP) is 2.76. The maximum Gasteiger partial charge on any atom is 0.114 e. The topological polar surface area (TPSA) is 50.1 Å². The van der Waals surface area contributed by atoms with Crippen molar-refractivity contribution in [1.82, 2.24) is 24.9 Å². The molecule has 4 aromatic rings. The first kappa shape index (κ1) is 15.3. The third-order valence-corrected chi connectivity index (χ3v) is 5.08. The van der Waals surface area contributed by atoms with E-state index in [1.807, 2.05) is 29.1 Å². The summed E-state index contributed by atoms with van der Waals surface area (Å²) in [5.41, 5.74) is 4.28. The van der Waals surface area contributed by atoms with Crippen molar-refractivity contribution in [3.8, 4) is 0 Å². The molecule has 0 saturated carbocycles. The summed E-state index contributed by atoms with van der Waals surface area (Å²) in [5.74, 6) is 0. The molecule has 5 rings (SSSR count). The lowest BCUT2D eigenvalue weighted by Crippen LogP contribution is -2.46. The summed E-state index contributed by atoms with van der Waals surface area (Å²) in [6.07, 6.45) is 1.82. The molecule has 1 saturated heterocycles. The van der Waals surface area contributed by atoms with Crippen molar-refractivity contribution in [2.24, 2.45) is 0 Å². The van der Waals surface area contributed by atoms with Crippen molar-refractivity contribution in [3.63, 3.8) is 0 Å². The third kappa shape index (κ3) is 2.68. The van der Waals surface area contributed by atoms with Crippen LogP contribution in [0.5, 0.6) is 0 Å². The van der Waals surface area contributed by atoms with Crippen LogP contribution in [-0.4, -0.2) is 51.1 Å². The Balaban J connectivity index is 1.37. The highest BCUT2D eigenvalue weighted by Gasteiger charge is 2.19. The van der Waals surface area contributed by atoms with Crippen LogP contribution in [0.1, 0.15) is 0 Å². The first-order valence-electron chi connectivity index (χ1n) is 8.98. The number of piperazine rings is 1. The molecule has 1 aliphatic rings. The summed E-state index contributed by atoms with van der Waals surface area (Å²) in [4.78, 5) is 9.33. The van der Waals surface area contributed by atoms with Crippen LogP contribution in [0.15, 0.2) is 60.8 Å². The van der Waals surface area contributed by atoms with Gasteiger partial charge in [-0.2, -0.15) is 0 Å². The van der Waals surface area contributed by atoms with Gasteiger partial charge in [0, 0.05) is 43.4 Å². The fourth-order valence-corrected chi connectivity index (χ4v) is 3.70. The van der Waals surface area contributed by atoms with Crippen LogP contribution in [0.25, 0.3) is 21.9 Å². The highest BCUT2D eigenvalue weighted by molar-refractivity contribution is 6.02. The molecule has 2 aromatic carbocycles. The predicted molar refractivity (Wildman–Crippen MR) is 103 cm³/mol. The zero-order valence-electron chi connectivity index (χ0n) is 14.5. The summed E-state index contributed by atoms with van der Waals surface area (Å²) in [6, 6.07) is 18.7. The van der Waals surface area contributed by atoms with Gasteiger partial charge in [-0.25, -0.2) is 4.68 Å². The number of hydrogen-bond donors (Lipinski definition) is 0. The molecular formula is C20H20N6. The Hall–Kier alpha value is -2.99. The molecule has 2 aromatic heterocycles. The van der Waals surface area contributed by atoms with E-state index in [-0.39, 0.29) is 0 Å². The second-order valence-corrected chi connectivity index (χ2v) is 6.67. The van der Waals surface area contributed by atoms with Gasteiger partial charge in [0.15, 0.2) is 0 Å². The second-order valence-electron chi connectivity index (χ2n) is 6.67. The lowest BCUT2D eigenvalue weighted by Gasteiger charge is -2.35. The molecule has 0 spiro atoms. The number of benzene rings is 2. The van der Waals surface area contributed by atoms with E-state index >= 15 is 0 Å². The van der Waals surface area contributed by atoms with E-state index in [2.05, 4.69) is 61.5 Å². The third-order valence-electron chi connectivity index (χ3n) is 5.08. The molecule has 130 valence electrons. The molecule has 0 radical (unpaired) electrons. The minimum absolute atomic E-state index is 0.757. The zero-order chi connectivity index (χ0) is 17.3. The molecule has 0 N–H and O–H groups in total. The van der Waals surface area contributed by atoms with Gasteiger partial charge in [0.2, 0.25) is 0 Å². The van der Waals surface area contributed by atoms with Crippen molar-refractivity contribution in [1.29, 1.82) is 0 Å². The number of nitrogens with zero attached hydrogens (tertiary/aromatic N) is 6. The Kier molecular flexibility index (Phi) is 3.75. The Bertz CT molecular complexity index is 1030. The van der Waals surface area contributed by atoms with Crippen LogP contribution < -0.4 is 4.90 Å². The van der Waals surface area contributed by atoms with Crippen LogP contribution in [-0.2, 0) is 6.67 Å². The first-order chi connectivity index (χ1) is 12.9. The van der Waals surface area contributed by atoms with Gasteiger partial charge in [0.25, 0.3) is 0 Å². The monoisotopic (exact) mass is 344 g/mol. The molecule has 0 bridgehead atoms. The summed E-state index contributed by atoms with van der Waals surface area (Å²) in [5, 5.41) is 9.85. The standard InChI is InChI=1S/C20H20N6/c1-2-5-16(6-3-1)25-13-11-24(12-14-25)15-26-20-17-7-4-10-21-18(17)8-9-19(20)22-23-26/h1-10H,11-15H2. The summed E-state index contributed by atoms with van der Waals surface area (Å²) in [7, 11) is 0. The normalized spacial score (nSPS) is 15.8. The zero-order valence-corrected chi connectivity index (χ0v) is 14.5. The maximum absolute atomic E-state index is 4.45. The van der Waals surface area contributed by atoms with Crippen LogP contribution >= 0.6 is 0 Å². The molecule has 1 fully saturated rings. The smallest absolute Gasteiger partial charge is 0.114 e. The first-order valence-corrected chi connectivity index (χ1v) is 8.98. The molecule has 6 nitrogen and oxygen atoms in total.